The fourth-order valence-corrected chi connectivity index (χ4v) is 4.75. The molecule has 2 aliphatic rings. The van der Waals surface area contributed by atoms with Gasteiger partial charge >= 0.3 is 11.9 Å². The maximum Gasteiger partial charge on any atom is 0.338 e. The van der Waals surface area contributed by atoms with E-state index in [1.54, 1.807) is 55.6 Å². The number of methoxy groups -OCH3 is 1. The number of benzene rings is 2. The second kappa shape index (κ2) is 11.5. The van der Waals surface area contributed by atoms with Crippen molar-refractivity contribution in [1.82, 2.24) is 0 Å². The van der Waals surface area contributed by atoms with Crippen molar-refractivity contribution in [3.63, 3.8) is 0 Å². The Bertz CT molecular complexity index is 1070. The van der Waals surface area contributed by atoms with Crippen LogP contribution in [0.2, 0.25) is 0 Å². The highest BCUT2D eigenvalue weighted by Crippen LogP contribution is 2.48. The quantitative estimate of drug-likeness (QED) is 0.308. The summed E-state index contributed by atoms with van der Waals surface area (Å²) in [4.78, 5) is 25.7. The molecule has 0 radical (unpaired) electrons. The Hall–Kier alpha value is -3.10. The molecule has 0 aromatic heterocycles. The lowest BCUT2D eigenvalue weighted by Gasteiger charge is -2.36. The van der Waals surface area contributed by atoms with Crippen molar-refractivity contribution >= 4 is 11.9 Å². The number of hydrogen-bond donors (Lipinski definition) is 0. The zero-order chi connectivity index (χ0) is 26.5. The first-order valence-corrected chi connectivity index (χ1v) is 12.9. The lowest BCUT2D eigenvalue weighted by atomic mass is 9.82. The van der Waals surface area contributed by atoms with Gasteiger partial charge in [-0.25, -0.2) is 9.59 Å². The summed E-state index contributed by atoms with van der Waals surface area (Å²) < 4.78 is 34.6. The van der Waals surface area contributed by atoms with Crippen LogP contribution in [0.5, 0.6) is 11.5 Å². The summed E-state index contributed by atoms with van der Waals surface area (Å²) >= 11 is 0. The van der Waals surface area contributed by atoms with E-state index in [9.17, 15) is 9.59 Å². The van der Waals surface area contributed by atoms with E-state index in [2.05, 4.69) is 6.92 Å². The van der Waals surface area contributed by atoms with Gasteiger partial charge in [-0.3, -0.25) is 0 Å². The third-order valence-corrected chi connectivity index (χ3v) is 7.46. The molecular formula is C29H36O8. The van der Waals surface area contributed by atoms with Gasteiger partial charge in [0.25, 0.3) is 0 Å². The summed E-state index contributed by atoms with van der Waals surface area (Å²) in [6.07, 6.45) is 3.21. The van der Waals surface area contributed by atoms with Gasteiger partial charge in [0.1, 0.15) is 22.7 Å². The zero-order valence-electron chi connectivity index (χ0n) is 22.0. The molecule has 2 unspecified atom stereocenters. The molecule has 200 valence electrons. The minimum absolute atomic E-state index is 0.132. The maximum absolute atomic E-state index is 12.9. The lowest BCUT2D eigenvalue weighted by Crippen LogP contribution is -2.55. The average molecular weight is 513 g/mol. The second-order valence-electron chi connectivity index (χ2n) is 9.79. The molecule has 0 amide bonds. The standard InChI is InChI=1S/C29H36O8/c1-5-6-7-8-17-33-23-15-11-21(12-16-23)27(31)37-25-19-35-28(2)24(18-34-29(25,28)3)36-26(30)20-9-13-22(32-4)14-10-20/h9-16,24-25H,5-8,17-19H2,1-4H3/t24?,25?,28-,29-/m0/s1. The van der Waals surface area contributed by atoms with Gasteiger partial charge in [0, 0.05) is 0 Å². The molecule has 4 atom stereocenters. The van der Waals surface area contributed by atoms with Crippen molar-refractivity contribution < 1.29 is 38.0 Å². The average Bonchev–Trinajstić information content (AvgIpc) is 3.31. The van der Waals surface area contributed by atoms with Crippen molar-refractivity contribution in [3.05, 3.63) is 59.7 Å². The van der Waals surface area contributed by atoms with Crippen LogP contribution in [-0.2, 0) is 18.9 Å². The molecule has 0 saturated carbocycles. The highest BCUT2D eigenvalue weighted by molar-refractivity contribution is 5.90. The third-order valence-electron chi connectivity index (χ3n) is 7.46. The third kappa shape index (κ3) is 5.60. The number of hydrogen-bond acceptors (Lipinski definition) is 8. The predicted molar refractivity (Wildman–Crippen MR) is 136 cm³/mol. The fraction of sp³-hybridized carbons (Fsp3) is 0.517. The molecule has 0 N–H and O–H groups in total. The molecule has 2 aliphatic heterocycles. The first kappa shape index (κ1) is 26.9. The first-order chi connectivity index (χ1) is 17.8. The van der Waals surface area contributed by atoms with Crippen LogP contribution in [0.3, 0.4) is 0 Å². The van der Waals surface area contributed by atoms with Gasteiger partial charge in [0.15, 0.2) is 12.2 Å². The van der Waals surface area contributed by atoms with Gasteiger partial charge in [0.2, 0.25) is 0 Å². The molecule has 2 aromatic rings. The number of ether oxygens (including phenoxy) is 6. The maximum atomic E-state index is 12.9. The molecule has 8 heteroatoms. The Morgan fingerprint density at radius 3 is 1.73 bits per heavy atom. The summed E-state index contributed by atoms with van der Waals surface area (Å²) in [7, 11) is 1.56. The van der Waals surface area contributed by atoms with E-state index in [1.807, 2.05) is 13.8 Å². The van der Waals surface area contributed by atoms with Gasteiger partial charge < -0.3 is 28.4 Å². The van der Waals surface area contributed by atoms with Crippen molar-refractivity contribution in [3.8, 4) is 11.5 Å². The molecule has 2 heterocycles. The van der Waals surface area contributed by atoms with E-state index in [4.69, 9.17) is 28.4 Å². The number of fused-ring (bicyclic) bond motifs is 1. The van der Waals surface area contributed by atoms with Gasteiger partial charge in [0.05, 0.1) is 38.1 Å². The van der Waals surface area contributed by atoms with Crippen molar-refractivity contribution in [1.29, 1.82) is 0 Å². The fourth-order valence-electron chi connectivity index (χ4n) is 4.75. The summed E-state index contributed by atoms with van der Waals surface area (Å²) in [5.74, 6) is 0.403. The molecule has 2 saturated heterocycles. The monoisotopic (exact) mass is 512 g/mol. The van der Waals surface area contributed by atoms with Crippen molar-refractivity contribution in [2.45, 2.75) is 69.9 Å². The van der Waals surface area contributed by atoms with Crippen LogP contribution in [0.1, 0.15) is 67.2 Å². The van der Waals surface area contributed by atoms with E-state index >= 15 is 0 Å². The van der Waals surface area contributed by atoms with Crippen LogP contribution < -0.4 is 9.47 Å². The lowest BCUT2D eigenvalue weighted by molar-refractivity contribution is -0.111. The molecule has 0 bridgehead atoms. The summed E-state index contributed by atoms with van der Waals surface area (Å²) in [6, 6.07) is 13.6. The van der Waals surface area contributed by atoms with Crippen LogP contribution in [-0.4, -0.2) is 62.3 Å². The minimum Gasteiger partial charge on any atom is -0.497 e. The summed E-state index contributed by atoms with van der Waals surface area (Å²) in [6.45, 7) is 6.75. The SMILES string of the molecule is CCCCCCOc1ccc(C(=O)OC2CO[C@@]3(C)C(OC(=O)c4ccc(OC)cc4)CO[C@@]23C)cc1. The highest BCUT2D eigenvalue weighted by Gasteiger charge is 2.68. The van der Waals surface area contributed by atoms with Crippen LogP contribution >= 0.6 is 0 Å². The number of rotatable bonds is 11. The number of unbranched alkanes of at least 4 members (excludes halogenated alkanes) is 3. The first-order valence-electron chi connectivity index (χ1n) is 12.9. The van der Waals surface area contributed by atoms with E-state index in [-0.39, 0.29) is 13.2 Å². The Morgan fingerprint density at radius 2 is 1.27 bits per heavy atom. The van der Waals surface area contributed by atoms with Gasteiger partial charge in [-0.15, -0.1) is 0 Å². The van der Waals surface area contributed by atoms with E-state index in [0.29, 0.717) is 23.5 Å². The number of esters is 2. The van der Waals surface area contributed by atoms with Crippen LogP contribution in [0.4, 0.5) is 0 Å². The van der Waals surface area contributed by atoms with E-state index in [1.165, 1.54) is 12.8 Å². The van der Waals surface area contributed by atoms with Crippen LogP contribution in [0.25, 0.3) is 0 Å². The van der Waals surface area contributed by atoms with E-state index in [0.717, 1.165) is 18.6 Å². The molecule has 0 aliphatic carbocycles. The largest absolute Gasteiger partial charge is 0.497 e. The Kier molecular flexibility index (Phi) is 8.39. The Balaban J connectivity index is 1.34. The Morgan fingerprint density at radius 1 is 0.784 bits per heavy atom. The topological polar surface area (TPSA) is 89.5 Å². The van der Waals surface area contributed by atoms with Crippen LogP contribution in [0.15, 0.2) is 48.5 Å². The predicted octanol–water partition coefficient (Wildman–Crippen LogP) is 4.98. The van der Waals surface area contributed by atoms with Gasteiger partial charge in [-0.2, -0.15) is 0 Å². The summed E-state index contributed by atoms with van der Waals surface area (Å²) in [5.41, 5.74) is -1.15. The highest BCUT2D eigenvalue weighted by atomic mass is 16.7. The zero-order valence-corrected chi connectivity index (χ0v) is 22.0. The molecule has 2 fully saturated rings. The van der Waals surface area contributed by atoms with Gasteiger partial charge in [-0.1, -0.05) is 26.2 Å². The molecule has 37 heavy (non-hydrogen) atoms. The molecule has 4 rings (SSSR count). The van der Waals surface area contributed by atoms with Crippen molar-refractivity contribution in [2.75, 3.05) is 26.9 Å². The van der Waals surface area contributed by atoms with Gasteiger partial charge in [-0.05, 0) is 68.8 Å². The van der Waals surface area contributed by atoms with E-state index < -0.39 is 35.3 Å². The molecule has 8 nitrogen and oxygen atoms in total. The number of carbonyl (C=O) groups is 2. The minimum atomic E-state index is -0.977. The van der Waals surface area contributed by atoms with Crippen LogP contribution in [0, 0.1) is 0 Å². The smallest absolute Gasteiger partial charge is 0.338 e. The number of carbonyl (C=O) groups excluding carboxylic acids is 2. The molecule has 0 spiro atoms. The van der Waals surface area contributed by atoms with Crippen molar-refractivity contribution in [2.24, 2.45) is 0 Å². The second-order valence-corrected chi connectivity index (χ2v) is 9.79. The molecule has 2 aromatic carbocycles. The normalized spacial score (nSPS) is 26.4. The molecular weight excluding hydrogens is 476 g/mol. The Labute approximate surface area is 218 Å². The summed E-state index contributed by atoms with van der Waals surface area (Å²) in [5, 5.41) is 0.